The number of nitrogens with zero attached hydrogens (tertiary/aromatic N) is 3. The van der Waals surface area contributed by atoms with Crippen molar-refractivity contribution in [2.24, 2.45) is 11.8 Å². The number of likely N-dealkylation sites (tertiary alicyclic amines) is 1. The van der Waals surface area contributed by atoms with Gasteiger partial charge in [-0.15, -0.1) is 10.2 Å². The van der Waals surface area contributed by atoms with Gasteiger partial charge in [-0.05, 0) is 75.8 Å². The predicted molar refractivity (Wildman–Crippen MR) is 114 cm³/mol. The summed E-state index contributed by atoms with van der Waals surface area (Å²) in [7, 11) is 0. The van der Waals surface area contributed by atoms with Crippen LogP contribution in [0.2, 0.25) is 5.02 Å². The molecular formula is C22H26ClFN4O2. The molecular weight excluding hydrogens is 407 g/mol. The summed E-state index contributed by atoms with van der Waals surface area (Å²) in [5.74, 6) is 1.25. The van der Waals surface area contributed by atoms with E-state index in [9.17, 15) is 9.18 Å². The number of ether oxygens (including phenoxy) is 1. The molecule has 1 aromatic heterocycles. The average molecular weight is 433 g/mol. The molecule has 2 unspecified atom stereocenters. The number of carbonyl (C=O) groups is 1. The highest BCUT2D eigenvalue weighted by atomic mass is 35.5. The highest BCUT2D eigenvalue weighted by Gasteiger charge is 2.43. The Morgan fingerprint density at radius 3 is 2.47 bits per heavy atom. The van der Waals surface area contributed by atoms with Crippen molar-refractivity contribution in [3.8, 4) is 11.3 Å². The van der Waals surface area contributed by atoms with Crippen LogP contribution in [0.1, 0.15) is 33.6 Å². The molecule has 2 fully saturated rings. The van der Waals surface area contributed by atoms with Gasteiger partial charge >= 0.3 is 6.09 Å². The first kappa shape index (κ1) is 20.8. The van der Waals surface area contributed by atoms with Crippen LogP contribution in [0.5, 0.6) is 0 Å². The molecule has 1 saturated heterocycles. The van der Waals surface area contributed by atoms with Gasteiger partial charge in [0.1, 0.15) is 17.2 Å². The van der Waals surface area contributed by atoms with Gasteiger partial charge in [-0.3, -0.25) is 0 Å². The van der Waals surface area contributed by atoms with Crippen molar-refractivity contribution in [1.82, 2.24) is 15.1 Å². The van der Waals surface area contributed by atoms with Gasteiger partial charge in [0.05, 0.1) is 10.7 Å². The highest BCUT2D eigenvalue weighted by Crippen LogP contribution is 2.39. The molecule has 4 rings (SSSR count). The van der Waals surface area contributed by atoms with Crippen molar-refractivity contribution in [2.75, 3.05) is 18.4 Å². The molecule has 1 aliphatic heterocycles. The van der Waals surface area contributed by atoms with E-state index in [1.54, 1.807) is 6.07 Å². The Balaban J connectivity index is 1.33. The van der Waals surface area contributed by atoms with Crippen LogP contribution in [0.3, 0.4) is 0 Å². The van der Waals surface area contributed by atoms with E-state index < -0.39 is 5.60 Å². The monoisotopic (exact) mass is 432 g/mol. The fraction of sp³-hybridized carbons (Fsp3) is 0.500. The summed E-state index contributed by atoms with van der Waals surface area (Å²) in [6, 6.07) is 8.10. The summed E-state index contributed by atoms with van der Waals surface area (Å²) in [6.07, 6.45) is 1.73. The molecule has 8 heteroatoms. The summed E-state index contributed by atoms with van der Waals surface area (Å²) in [4.78, 5) is 14.1. The van der Waals surface area contributed by atoms with Crippen molar-refractivity contribution in [3.63, 3.8) is 0 Å². The number of rotatable bonds is 3. The van der Waals surface area contributed by atoms with E-state index in [2.05, 4.69) is 15.5 Å². The van der Waals surface area contributed by atoms with Crippen molar-refractivity contribution in [3.05, 3.63) is 41.2 Å². The number of benzene rings is 1. The Kier molecular flexibility index (Phi) is 5.57. The molecule has 2 aromatic rings. The minimum atomic E-state index is -0.473. The number of nitrogens with one attached hydrogen (secondary N) is 1. The van der Waals surface area contributed by atoms with Crippen LogP contribution in [0.4, 0.5) is 15.0 Å². The number of hydrogen-bond donors (Lipinski definition) is 1. The summed E-state index contributed by atoms with van der Waals surface area (Å²) < 4.78 is 19.0. The molecule has 1 saturated carbocycles. The third kappa shape index (κ3) is 4.67. The first-order valence-electron chi connectivity index (χ1n) is 10.2. The summed E-state index contributed by atoms with van der Waals surface area (Å²) >= 11 is 6.14. The minimum Gasteiger partial charge on any atom is -0.444 e. The Bertz CT molecular complexity index is 918. The van der Waals surface area contributed by atoms with Crippen LogP contribution in [0.15, 0.2) is 30.3 Å². The summed E-state index contributed by atoms with van der Waals surface area (Å²) in [6.45, 7) is 7.13. The van der Waals surface area contributed by atoms with E-state index >= 15 is 0 Å². The SMILES string of the molecule is CC(C)(C)OC(=O)N1CC2CC(Nc3ccc(-c4cc(F)ccc4Cl)nn3)C[C@@H]2C1. The molecule has 1 aromatic carbocycles. The zero-order valence-electron chi connectivity index (χ0n) is 17.4. The zero-order valence-corrected chi connectivity index (χ0v) is 18.1. The van der Waals surface area contributed by atoms with Crippen LogP contribution in [0, 0.1) is 17.7 Å². The lowest BCUT2D eigenvalue weighted by atomic mass is 10.0. The number of halogens is 2. The van der Waals surface area contributed by atoms with Gasteiger partial charge < -0.3 is 15.0 Å². The van der Waals surface area contributed by atoms with Crippen molar-refractivity contribution in [2.45, 2.75) is 45.3 Å². The van der Waals surface area contributed by atoms with E-state index in [1.165, 1.54) is 18.2 Å². The number of fused-ring (bicyclic) bond motifs is 1. The average Bonchev–Trinajstić information content (AvgIpc) is 3.22. The fourth-order valence-electron chi connectivity index (χ4n) is 4.35. The Hall–Kier alpha value is -2.41. The molecule has 1 aliphatic carbocycles. The van der Waals surface area contributed by atoms with Gasteiger partial charge in [-0.1, -0.05) is 11.6 Å². The lowest BCUT2D eigenvalue weighted by Gasteiger charge is -2.25. The molecule has 2 heterocycles. The Labute approximate surface area is 180 Å². The van der Waals surface area contributed by atoms with E-state index in [1.807, 2.05) is 31.7 Å². The maximum absolute atomic E-state index is 13.5. The molecule has 3 atom stereocenters. The smallest absolute Gasteiger partial charge is 0.410 e. The van der Waals surface area contributed by atoms with Crippen molar-refractivity contribution < 1.29 is 13.9 Å². The summed E-state index contributed by atoms with van der Waals surface area (Å²) in [5.41, 5.74) is 0.578. The van der Waals surface area contributed by atoms with Crippen LogP contribution in [-0.4, -0.2) is 45.9 Å². The quantitative estimate of drug-likeness (QED) is 0.739. The van der Waals surface area contributed by atoms with Crippen LogP contribution >= 0.6 is 11.6 Å². The zero-order chi connectivity index (χ0) is 21.5. The number of carbonyl (C=O) groups excluding carboxylic acids is 1. The first-order valence-corrected chi connectivity index (χ1v) is 10.6. The molecule has 6 nitrogen and oxygen atoms in total. The Morgan fingerprint density at radius 2 is 1.87 bits per heavy atom. The van der Waals surface area contributed by atoms with Crippen LogP contribution in [-0.2, 0) is 4.74 Å². The topological polar surface area (TPSA) is 67.3 Å². The molecule has 2 aliphatic rings. The third-order valence-electron chi connectivity index (χ3n) is 5.62. The van der Waals surface area contributed by atoms with Gasteiger partial charge in [0.2, 0.25) is 0 Å². The van der Waals surface area contributed by atoms with E-state index in [0.717, 1.165) is 25.9 Å². The van der Waals surface area contributed by atoms with E-state index in [-0.39, 0.29) is 11.9 Å². The fourth-order valence-corrected chi connectivity index (χ4v) is 4.56. The largest absolute Gasteiger partial charge is 0.444 e. The highest BCUT2D eigenvalue weighted by molar-refractivity contribution is 6.33. The minimum absolute atomic E-state index is 0.223. The van der Waals surface area contributed by atoms with Crippen molar-refractivity contribution >= 4 is 23.5 Å². The second-order valence-electron chi connectivity index (χ2n) is 9.15. The summed E-state index contributed by atoms with van der Waals surface area (Å²) in [5, 5.41) is 12.3. The number of amides is 1. The Morgan fingerprint density at radius 1 is 1.17 bits per heavy atom. The second-order valence-corrected chi connectivity index (χ2v) is 9.55. The molecule has 0 bridgehead atoms. The predicted octanol–water partition coefficient (Wildman–Crippen LogP) is 4.99. The number of aromatic nitrogens is 2. The van der Waals surface area contributed by atoms with Gasteiger partial charge in [0.25, 0.3) is 0 Å². The molecule has 0 radical (unpaired) electrons. The maximum atomic E-state index is 13.5. The molecule has 1 N–H and O–H groups in total. The van der Waals surface area contributed by atoms with E-state index in [4.69, 9.17) is 16.3 Å². The molecule has 0 spiro atoms. The third-order valence-corrected chi connectivity index (χ3v) is 5.95. The van der Waals surface area contributed by atoms with Gasteiger partial charge in [0.15, 0.2) is 0 Å². The van der Waals surface area contributed by atoms with Gasteiger partial charge in [0, 0.05) is 24.7 Å². The van der Waals surface area contributed by atoms with E-state index in [0.29, 0.717) is 40.0 Å². The molecule has 1 amide bonds. The maximum Gasteiger partial charge on any atom is 0.410 e. The van der Waals surface area contributed by atoms with Gasteiger partial charge in [-0.2, -0.15) is 0 Å². The van der Waals surface area contributed by atoms with Crippen molar-refractivity contribution in [1.29, 1.82) is 0 Å². The first-order chi connectivity index (χ1) is 14.2. The normalized spacial score (nSPS) is 23.4. The van der Waals surface area contributed by atoms with Gasteiger partial charge in [-0.25, -0.2) is 9.18 Å². The second kappa shape index (κ2) is 8.02. The molecule has 30 heavy (non-hydrogen) atoms. The number of anilines is 1. The number of hydrogen-bond acceptors (Lipinski definition) is 5. The van der Waals surface area contributed by atoms with Crippen LogP contribution in [0.25, 0.3) is 11.3 Å². The molecule has 160 valence electrons. The van der Waals surface area contributed by atoms with Crippen LogP contribution < -0.4 is 5.32 Å². The lowest BCUT2D eigenvalue weighted by molar-refractivity contribution is 0.0280. The standard InChI is InChI=1S/C22H26ClFN4O2/c1-22(2,3)30-21(29)28-11-13-8-16(9-14(13)12-28)25-20-7-6-19(26-27-20)17-10-15(24)4-5-18(17)23/h4-7,10,13-14,16H,8-9,11-12H2,1-3H3,(H,25,27)/t13-,14?,16?/m1/s1. The lowest BCUT2D eigenvalue weighted by Crippen LogP contribution is -2.36.